The number of aryl methyl sites for hydroxylation is 2. The number of aromatic nitrogens is 1. The molecule has 0 spiro atoms. The Morgan fingerprint density at radius 1 is 1.25 bits per heavy atom. The molecule has 1 aromatic carbocycles. The smallest absolute Gasteiger partial charge is 0.308 e. The zero-order valence-corrected chi connectivity index (χ0v) is 13.7. The number of carbonyl (C=O) groups excluding carboxylic acids is 1. The summed E-state index contributed by atoms with van der Waals surface area (Å²) in [7, 11) is 1.59. The van der Waals surface area contributed by atoms with E-state index in [4.69, 9.17) is 0 Å². The summed E-state index contributed by atoms with van der Waals surface area (Å²) in [5.74, 6) is -2.16. The van der Waals surface area contributed by atoms with E-state index in [2.05, 4.69) is 5.32 Å². The van der Waals surface area contributed by atoms with E-state index in [0.717, 1.165) is 11.1 Å². The SMILES string of the molecule is Cc1cccc(CC(CNC(=O)c2ccn(C)c(=O)c2)C(=O)O)c1. The van der Waals surface area contributed by atoms with Crippen molar-refractivity contribution in [3.63, 3.8) is 0 Å². The molecule has 0 aliphatic rings. The molecule has 1 amide bonds. The largest absolute Gasteiger partial charge is 0.481 e. The second kappa shape index (κ2) is 7.59. The van der Waals surface area contributed by atoms with Gasteiger partial charge in [0.25, 0.3) is 11.5 Å². The minimum absolute atomic E-state index is 0.00266. The number of benzene rings is 1. The van der Waals surface area contributed by atoms with Gasteiger partial charge in [-0.2, -0.15) is 0 Å². The molecule has 6 nitrogen and oxygen atoms in total. The van der Waals surface area contributed by atoms with Crippen molar-refractivity contribution >= 4 is 11.9 Å². The standard InChI is InChI=1S/C18H20N2O4/c1-12-4-3-5-13(8-12)9-15(18(23)24)11-19-17(22)14-6-7-20(2)16(21)10-14/h3-8,10,15H,9,11H2,1-2H3,(H,19,22)(H,23,24). The van der Waals surface area contributed by atoms with E-state index in [-0.39, 0.29) is 17.7 Å². The lowest BCUT2D eigenvalue weighted by molar-refractivity contribution is -0.141. The number of hydrogen-bond donors (Lipinski definition) is 2. The van der Waals surface area contributed by atoms with E-state index in [0.29, 0.717) is 6.42 Å². The number of hydrogen-bond acceptors (Lipinski definition) is 3. The van der Waals surface area contributed by atoms with E-state index >= 15 is 0 Å². The predicted molar refractivity (Wildman–Crippen MR) is 90.0 cm³/mol. The highest BCUT2D eigenvalue weighted by molar-refractivity contribution is 5.94. The summed E-state index contributed by atoms with van der Waals surface area (Å²) < 4.78 is 1.36. The summed E-state index contributed by atoms with van der Waals surface area (Å²) in [5, 5.41) is 12.0. The van der Waals surface area contributed by atoms with Crippen LogP contribution in [0, 0.1) is 12.8 Å². The fourth-order valence-electron chi connectivity index (χ4n) is 2.38. The minimum atomic E-state index is -0.971. The van der Waals surface area contributed by atoms with Gasteiger partial charge in [0.1, 0.15) is 0 Å². The maximum atomic E-state index is 12.1. The monoisotopic (exact) mass is 328 g/mol. The second-order valence-electron chi connectivity index (χ2n) is 5.80. The van der Waals surface area contributed by atoms with Gasteiger partial charge >= 0.3 is 5.97 Å². The molecule has 1 unspecified atom stereocenters. The Balaban J connectivity index is 2.03. The Hall–Kier alpha value is -2.89. The average molecular weight is 328 g/mol. The van der Waals surface area contributed by atoms with E-state index in [1.54, 1.807) is 7.05 Å². The van der Waals surface area contributed by atoms with E-state index in [1.807, 2.05) is 31.2 Å². The highest BCUT2D eigenvalue weighted by atomic mass is 16.4. The van der Waals surface area contributed by atoms with Gasteiger partial charge < -0.3 is 15.0 Å². The fourth-order valence-corrected chi connectivity index (χ4v) is 2.38. The number of nitrogens with zero attached hydrogens (tertiary/aromatic N) is 1. The van der Waals surface area contributed by atoms with Crippen LogP contribution in [0.15, 0.2) is 47.4 Å². The third-order valence-electron chi connectivity index (χ3n) is 3.79. The Kier molecular flexibility index (Phi) is 5.52. The molecule has 0 bridgehead atoms. The third kappa shape index (κ3) is 4.55. The first kappa shape index (κ1) is 17.5. The van der Waals surface area contributed by atoms with Crippen LogP contribution in [0.4, 0.5) is 0 Å². The molecule has 0 aliphatic carbocycles. The molecule has 1 heterocycles. The molecule has 2 aromatic rings. The summed E-state index contributed by atoms with van der Waals surface area (Å²) in [4.78, 5) is 35.1. The van der Waals surface area contributed by atoms with Gasteiger partial charge in [-0.3, -0.25) is 14.4 Å². The molecule has 126 valence electrons. The van der Waals surface area contributed by atoms with Gasteiger partial charge in [-0.1, -0.05) is 29.8 Å². The van der Waals surface area contributed by atoms with Gasteiger partial charge in [0.2, 0.25) is 0 Å². The number of carboxylic acid groups (broad SMARTS) is 1. The Morgan fingerprint density at radius 3 is 2.62 bits per heavy atom. The van der Waals surface area contributed by atoms with Crippen LogP contribution in [0.5, 0.6) is 0 Å². The summed E-state index contributed by atoms with van der Waals surface area (Å²) in [6, 6.07) is 10.4. The molecular formula is C18H20N2O4. The van der Waals surface area contributed by atoms with Gasteiger partial charge in [-0.15, -0.1) is 0 Å². The third-order valence-corrected chi connectivity index (χ3v) is 3.79. The van der Waals surface area contributed by atoms with Crippen LogP contribution in [0.3, 0.4) is 0 Å². The molecule has 24 heavy (non-hydrogen) atoms. The summed E-state index contributed by atoms with van der Waals surface area (Å²) >= 11 is 0. The van der Waals surface area contributed by atoms with Crippen LogP contribution in [0.2, 0.25) is 0 Å². The fraction of sp³-hybridized carbons (Fsp3) is 0.278. The van der Waals surface area contributed by atoms with Gasteiger partial charge in [-0.25, -0.2) is 0 Å². The van der Waals surface area contributed by atoms with Crippen molar-refractivity contribution in [1.29, 1.82) is 0 Å². The molecule has 2 rings (SSSR count). The zero-order chi connectivity index (χ0) is 17.7. The molecular weight excluding hydrogens is 308 g/mol. The van der Waals surface area contributed by atoms with E-state index in [9.17, 15) is 19.5 Å². The maximum Gasteiger partial charge on any atom is 0.308 e. The van der Waals surface area contributed by atoms with Crippen molar-refractivity contribution in [1.82, 2.24) is 9.88 Å². The van der Waals surface area contributed by atoms with Crippen molar-refractivity contribution in [2.24, 2.45) is 13.0 Å². The molecule has 0 saturated heterocycles. The lowest BCUT2D eigenvalue weighted by Crippen LogP contribution is -2.34. The first-order valence-corrected chi connectivity index (χ1v) is 7.60. The van der Waals surface area contributed by atoms with Crippen LogP contribution in [-0.2, 0) is 18.3 Å². The van der Waals surface area contributed by atoms with Crippen LogP contribution < -0.4 is 10.9 Å². The normalized spacial score (nSPS) is 11.8. The highest BCUT2D eigenvalue weighted by Crippen LogP contribution is 2.11. The quantitative estimate of drug-likeness (QED) is 0.838. The molecule has 1 atom stereocenters. The van der Waals surface area contributed by atoms with Crippen LogP contribution in [0.25, 0.3) is 0 Å². The van der Waals surface area contributed by atoms with E-state index in [1.165, 1.54) is 22.9 Å². The molecule has 6 heteroatoms. The van der Waals surface area contributed by atoms with Crippen molar-refractivity contribution in [3.8, 4) is 0 Å². The lowest BCUT2D eigenvalue weighted by atomic mass is 9.98. The number of nitrogens with one attached hydrogen (secondary N) is 1. The van der Waals surface area contributed by atoms with Gasteiger partial charge in [0.05, 0.1) is 5.92 Å². The molecule has 0 radical (unpaired) electrons. The zero-order valence-electron chi connectivity index (χ0n) is 13.7. The second-order valence-corrected chi connectivity index (χ2v) is 5.80. The van der Waals surface area contributed by atoms with E-state index < -0.39 is 17.8 Å². The predicted octanol–water partition coefficient (Wildman–Crippen LogP) is 1.37. The molecule has 0 fully saturated rings. The maximum absolute atomic E-state index is 12.1. The topological polar surface area (TPSA) is 88.4 Å². The highest BCUT2D eigenvalue weighted by Gasteiger charge is 2.19. The van der Waals surface area contributed by atoms with Crippen LogP contribution >= 0.6 is 0 Å². The van der Waals surface area contributed by atoms with Gasteiger partial charge in [0.15, 0.2) is 0 Å². The number of pyridine rings is 1. The van der Waals surface area contributed by atoms with Crippen LogP contribution in [0.1, 0.15) is 21.5 Å². The number of carboxylic acids is 1. The average Bonchev–Trinajstić information content (AvgIpc) is 2.53. The van der Waals surface area contributed by atoms with Gasteiger partial charge in [-0.05, 0) is 25.0 Å². The van der Waals surface area contributed by atoms with Crippen molar-refractivity contribution in [3.05, 3.63) is 69.6 Å². The number of aliphatic carboxylic acids is 1. The number of carbonyl (C=O) groups is 2. The molecule has 1 aromatic heterocycles. The number of rotatable bonds is 6. The van der Waals surface area contributed by atoms with Crippen molar-refractivity contribution in [2.75, 3.05) is 6.54 Å². The first-order valence-electron chi connectivity index (χ1n) is 7.60. The number of amides is 1. The van der Waals surface area contributed by atoms with Crippen molar-refractivity contribution in [2.45, 2.75) is 13.3 Å². The summed E-state index contributed by atoms with van der Waals surface area (Å²) in [5.41, 5.74) is 1.89. The molecule has 0 saturated carbocycles. The Bertz CT molecular complexity index is 811. The first-order chi connectivity index (χ1) is 11.4. The van der Waals surface area contributed by atoms with Gasteiger partial charge in [0, 0.05) is 31.4 Å². The molecule has 2 N–H and O–H groups in total. The summed E-state index contributed by atoms with van der Waals surface area (Å²) in [6.45, 7) is 1.94. The minimum Gasteiger partial charge on any atom is -0.481 e. The van der Waals surface area contributed by atoms with Crippen LogP contribution in [-0.4, -0.2) is 28.1 Å². The Labute approximate surface area is 139 Å². The lowest BCUT2D eigenvalue weighted by Gasteiger charge is -2.14. The Morgan fingerprint density at radius 2 is 2.00 bits per heavy atom. The molecule has 0 aliphatic heterocycles. The van der Waals surface area contributed by atoms with Crippen molar-refractivity contribution < 1.29 is 14.7 Å². The summed E-state index contributed by atoms with van der Waals surface area (Å²) in [6.07, 6.45) is 1.83.